The van der Waals surface area contributed by atoms with Gasteiger partial charge in [0.15, 0.2) is 11.0 Å². The average Bonchev–Trinajstić information content (AvgIpc) is 3.42. The number of thioether (sulfide) groups is 1. The molecule has 1 amide bonds. The van der Waals surface area contributed by atoms with Crippen molar-refractivity contribution in [3.63, 3.8) is 0 Å². The van der Waals surface area contributed by atoms with Crippen molar-refractivity contribution in [2.75, 3.05) is 13.1 Å². The Morgan fingerprint density at radius 2 is 1.65 bits per heavy atom. The Balaban J connectivity index is 1.35. The molecule has 43 heavy (non-hydrogen) atoms. The molecule has 1 aromatic heterocycles. The largest absolute Gasteiger partial charge is 0.416 e. The van der Waals surface area contributed by atoms with E-state index < -0.39 is 27.7 Å². The minimum Gasteiger partial charge on any atom is -0.345 e. The van der Waals surface area contributed by atoms with Crippen molar-refractivity contribution < 1.29 is 26.4 Å². The van der Waals surface area contributed by atoms with Crippen LogP contribution in [0.1, 0.15) is 46.6 Å². The van der Waals surface area contributed by atoms with E-state index in [1.165, 1.54) is 57.0 Å². The molecular weight excluding hydrogens is 667 g/mol. The van der Waals surface area contributed by atoms with E-state index in [1.807, 2.05) is 24.3 Å². The number of hydrogen-bond donors (Lipinski definition) is 1. The molecule has 1 aliphatic heterocycles. The molecule has 5 rings (SSSR count). The van der Waals surface area contributed by atoms with Gasteiger partial charge in [-0.1, -0.05) is 52.3 Å². The standard InChI is InChI=1S/C29H27BrF3N5O3S2/c30-23-11-7-20(8-12-23)19-42-28-36-35-26(38(28)24-6-4-5-22(17-24)29(31,32)33)18-34-27(39)21-9-13-25(14-10-21)43(40,41)37-15-2-1-3-16-37/h4-14,17H,1-3,15-16,18-19H2,(H,34,39). The average molecular weight is 695 g/mol. The number of nitrogens with zero attached hydrogens (tertiary/aromatic N) is 4. The Morgan fingerprint density at radius 3 is 2.33 bits per heavy atom. The number of piperidine rings is 1. The summed E-state index contributed by atoms with van der Waals surface area (Å²) in [4.78, 5) is 13.1. The number of amides is 1. The first-order valence-corrected chi connectivity index (χ1v) is 16.6. The lowest BCUT2D eigenvalue weighted by Gasteiger charge is -2.25. The number of rotatable bonds is 9. The van der Waals surface area contributed by atoms with Crippen LogP contribution in [0, 0.1) is 0 Å². The van der Waals surface area contributed by atoms with Gasteiger partial charge in [-0.2, -0.15) is 17.5 Å². The van der Waals surface area contributed by atoms with Crippen molar-refractivity contribution in [1.82, 2.24) is 24.4 Å². The van der Waals surface area contributed by atoms with Crippen molar-refractivity contribution in [1.29, 1.82) is 0 Å². The molecule has 2 heterocycles. The lowest BCUT2D eigenvalue weighted by molar-refractivity contribution is -0.137. The first-order valence-electron chi connectivity index (χ1n) is 13.4. The van der Waals surface area contributed by atoms with E-state index >= 15 is 0 Å². The second kappa shape index (κ2) is 13.2. The van der Waals surface area contributed by atoms with Crippen LogP contribution in [0.5, 0.6) is 0 Å². The highest BCUT2D eigenvalue weighted by Gasteiger charge is 2.31. The summed E-state index contributed by atoms with van der Waals surface area (Å²) in [6.07, 6.45) is -1.92. The molecule has 0 aliphatic carbocycles. The Bertz CT molecular complexity index is 1690. The summed E-state index contributed by atoms with van der Waals surface area (Å²) in [5.74, 6) is 0.225. The van der Waals surface area contributed by atoms with Gasteiger partial charge in [0.1, 0.15) is 0 Å². The highest BCUT2D eigenvalue weighted by Crippen LogP contribution is 2.32. The van der Waals surface area contributed by atoms with Gasteiger partial charge in [0, 0.05) is 28.9 Å². The van der Waals surface area contributed by atoms with Crippen molar-refractivity contribution in [3.05, 3.63) is 99.8 Å². The molecule has 0 radical (unpaired) electrons. The van der Waals surface area contributed by atoms with Gasteiger partial charge in [-0.15, -0.1) is 10.2 Å². The fourth-order valence-electron chi connectivity index (χ4n) is 4.61. The van der Waals surface area contributed by atoms with Gasteiger partial charge >= 0.3 is 6.18 Å². The van der Waals surface area contributed by atoms with Crippen LogP contribution in [0.2, 0.25) is 0 Å². The maximum Gasteiger partial charge on any atom is 0.416 e. The lowest BCUT2D eigenvalue weighted by atomic mass is 10.2. The van der Waals surface area contributed by atoms with E-state index in [0.717, 1.165) is 41.4 Å². The van der Waals surface area contributed by atoms with E-state index in [4.69, 9.17) is 0 Å². The third kappa shape index (κ3) is 7.48. The van der Waals surface area contributed by atoms with Crippen molar-refractivity contribution in [3.8, 4) is 5.69 Å². The van der Waals surface area contributed by atoms with Gasteiger partial charge in [-0.25, -0.2) is 8.42 Å². The first-order chi connectivity index (χ1) is 20.5. The summed E-state index contributed by atoms with van der Waals surface area (Å²) in [6, 6.07) is 18.1. The van der Waals surface area contributed by atoms with Crippen molar-refractivity contribution >= 4 is 43.6 Å². The van der Waals surface area contributed by atoms with Crippen LogP contribution in [-0.2, 0) is 28.5 Å². The smallest absolute Gasteiger partial charge is 0.345 e. The molecule has 4 aromatic rings. The van der Waals surface area contributed by atoms with Gasteiger partial charge in [0.2, 0.25) is 10.0 Å². The molecule has 226 valence electrons. The van der Waals surface area contributed by atoms with Crippen LogP contribution >= 0.6 is 27.7 Å². The molecule has 0 bridgehead atoms. The van der Waals surface area contributed by atoms with Crippen LogP contribution in [-0.4, -0.2) is 46.5 Å². The number of carbonyl (C=O) groups is 1. The van der Waals surface area contributed by atoms with E-state index in [9.17, 15) is 26.4 Å². The fourth-order valence-corrected chi connectivity index (χ4v) is 7.32. The summed E-state index contributed by atoms with van der Waals surface area (Å²) in [6.45, 7) is 0.815. The molecule has 1 N–H and O–H groups in total. The summed E-state index contributed by atoms with van der Waals surface area (Å²) in [5, 5.41) is 11.5. The van der Waals surface area contributed by atoms with Crippen LogP contribution < -0.4 is 5.32 Å². The highest BCUT2D eigenvalue weighted by atomic mass is 79.9. The molecule has 0 saturated carbocycles. The normalized spacial score (nSPS) is 14.5. The van der Waals surface area contributed by atoms with E-state index in [-0.39, 0.29) is 28.5 Å². The Labute approximate surface area is 259 Å². The first kappa shape index (κ1) is 31.2. The van der Waals surface area contributed by atoms with Crippen molar-refractivity contribution in [2.24, 2.45) is 0 Å². The number of benzene rings is 3. The van der Waals surface area contributed by atoms with Crippen LogP contribution in [0.15, 0.2) is 87.3 Å². The van der Waals surface area contributed by atoms with Gasteiger partial charge < -0.3 is 5.32 Å². The maximum absolute atomic E-state index is 13.5. The second-order valence-electron chi connectivity index (χ2n) is 9.87. The third-order valence-corrected chi connectivity index (χ3v) is 10.3. The van der Waals surface area contributed by atoms with E-state index in [1.54, 1.807) is 0 Å². The van der Waals surface area contributed by atoms with Crippen molar-refractivity contribution in [2.45, 2.75) is 47.8 Å². The number of alkyl halides is 3. The number of halogens is 4. The molecule has 0 unspecified atom stereocenters. The van der Waals surface area contributed by atoms with Gasteiger partial charge in [0.05, 0.1) is 22.7 Å². The molecule has 0 atom stereocenters. The SMILES string of the molecule is O=C(NCc1nnc(SCc2ccc(Br)cc2)n1-c1cccc(C(F)(F)F)c1)c1ccc(S(=O)(=O)N2CCCCC2)cc1. The number of carbonyl (C=O) groups excluding carboxylic acids is 1. The fraction of sp³-hybridized carbons (Fsp3) is 0.276. The Morgan fingerprint density at radius 1 is 0.953 bits per heavy atom. The minimum atomic E-state index is -4.54. The number of sulfonamides is 1. The molecule has 1 saturated heterocycles. The zero-order valence-electron chi connectivity index (χ0n) is 22.7. The van der Waals surface area contributed by atoms with E-state index in [2.05, 4.69) is 31.4 Å². The van der Waals surface area contributed by atoms with E-state index in [0.29, 0.717) is 24.0 Å². The number of nitrogens with one attached hydrogen (secondary N) is 1. The quantitative estimate of drug-likeness (QED) is 0.203. The number of hydrogen-bond acceptors (Lipinski definition) is 6. The predicted octanol–water partition coefficient (Wildman–Crippen LogP) is 6.45. The summed E-state index contributed by atoms with van der Waals surface area (Å²) >= 11 is 4.70. The topological polar surface area (TPSA) is 97.2 Å². The Kier molecular flexibility index (Phi) is 9.59. The van der Waals surface area contributed by atoms with Crippen LogP contribution in [0.3, 0.4) is 0 Å². The van der Waals surface area contributed by atoms with Crippen LogP contribution in [0.4, 0.5) is 13.2 Å². The van der Waals surface area contributed by atoms with Gasteiger partial charge in [0.25, 0.3) is 5.91 Å². The third-order valence-electron chi connectivity index (χ3n) is 6.89. The lowest BCUT2D eigenvalue weighted by Crippen LogP contribution is -2.35. The molecule has 0 spiro atoms. The van der Waals surface area contributed by atoms with Gasteiger partial charge in [-0.3, -0.25) is 9.36 Å². The molecule has 1 fully saturated rings. The van der Waals surface area contributed by atoms with Crippen LogP contribution in [0.25, 0.3) is 5.69 Å². The maximum atomic E-state index is 13.5. The second-order valence-corrected chi connectivity index (χ2v) is 13.7. The predicted molar refractivity (Wildman–Crippen MR) is 160 cm³/mol. The minimum absolute atomic E-state index is 0.114. The monoisotopic (exact) mass is 693 g/mol. The number of aromatic nitrogens is 3. The van der Waals surface area contributed by atoms with Gasteiger partial charge in [-0.05, 0) is 73.0 Å². The zero-order valence-corrected chi connectivity index (χ0v) is 25.9. The summed E-state index contributed by atoms with van der Waals surface area (Å²) < 4.78 is 70.3. The molecule has 14 heteroatoms. The molecule has 8 nitrogen and oxygen atoms in total. The summed E-state index contributed by atoms with van der Waals surface area (Å²) in [5.41, 5.74) is 0.590. The highest BCUT2D eigenvalue weighted by molar-refractivity contribution is 9.10. The molecule has 3 aromatic carbocycles. The molecule has 1 aliphatic rings. The Hall–Kier alpha value is -3.20. The summed E-state index contributed by atoms with van der Waals surface area (Å²) in [7, 11) is -3.64. The zero-order chi connectivity index (χ0) is 30.6. The molecular formula is C29H27BrF3N5O3S2.